The van der Waals surface area contributed by atoms with Gasteiger partial charge in [0.25, 0.3) is 0 Å². The summed E-state index contributed by atoms with van der Waals surface area (Å²) in [5, 5.41) is 8.41. The molecule has 1 heterocycles. The number of carbonyl (C=O) groups excluding carboxylic acids is 1. The van der Waals surface area contributed by atoms with E-state index < -0.39 is 5.69 Å². The van der Waals surface area contributed by atoms with Gasteiger partial charge in [-0.25, -0.2) is 9.89 Å². The molecule has 7 nitrogen and oxygen atoms in total. The first-order chi connectivity index (χ1) is 6.72. The van der Waals surface area contributed by atoms with Gasteiger partial charge in [-0.2, -0.15) is 10.1 Å². The van der Waals surface area contributed by atoms with E-state index in [1.54, 1.807) is 0 Å². The summed E-state index contributed by atoms with van der Waals surface area (Å²) in [7, 11) is 1.31. The number of hydrogen-bond acceptors (Lipinski definition) is 6. The van der Waals surface area contributed by atoms with Crippen molar-refractivity contribution in [3.05, 3.63) is 16.7 Å². The minimum atomic E-state index is -0.534. The molecule has 1 rings (SSSR count). The number of anilines is 1. The molecular formula is C7H10N4O3. The van der Waals surface area contributed by atoms with Crippen molar-refractivity contribution in [2.24, 2.45) is 0 Å². The number of rotatable bonds is 4. The first kappa shape index (κ1) is 10.2. The predicted octanol–water partition coefficient (Wildman–Crippen LogP) is -0.860. The molecule has 1 aromatic heterocycles. The van der Waals surface area contributed by atoms with E-state index in [4.69, 9.17) is 0 Å². The van der Waals surface area contributed by atoms with E-state index in [2.05, 4.69) is 25.2 Å². The maximum atomic E-state index is 10.7. The maximum absolute atomic E-state index is 10.7. The molecule has 0 radical (unpaired) electrons. The van der Waals surface area contributed by atoms with E-state index in [1.165, 1.54) is 13.3 Å². The molecule has 0 aliphatic rings. The number of aromatic nitrogens is 3. The first-order valence-electron chi connectivity index (χ1n) is 3.95. The van der Waals surface area contributed by atoms with Crippen LogP contribution in [0.1, 0.15) is 6.42 Å². The number of hydrogen-bond donors (Lipinski definition) is 2. The zero-order valence-corrected chi connectivity index (χ0v) is 7.61. The molecule has 2 N–H and O–H groups in total. The smallest absolute Gasteiger partial charge is 0.363 e. The lowest BCUT2D eigenvalue weighted by molar-refractivity contribution is -0.140. The van der Waals surface area contributed by atoms with E-state index in [0.29, 0.717) is 12.4 Å². The largest absolute Gasteiger partial charge is 0.469 e. The molecule has 14 heavy (non-hydrogen) atoms. The Morgan fingerprint density at radius 3 is 3.14 bits per heavy atom. The van der Waals surface area contributed by atoms with Crippen LogP contribution in [0.15, 0.2) is 11.0 Å². The summed E-state index contributed by atoms with van der Waals surface area (Å²) in [6.45, 7) is 0.352. The lowest BCUT2D eigenvalue weighted by atomic mass is 10.4. The van der Waals surface area contributed by atoms with E-state index in [-0.39, 0.29) is 12.4 Å². The zero-order valence-electron chi connectivity index (χ0n) is 7.61. The number of H-pyrrole nitrogens is 1. The highest BCUT2D eigenvalue weighted by molar-refractivity contribution is 5.69. The number of methoxy groups -OCH3 is 1. The Morgan fingerprint density at radius 2 is 2.50 bits per heavy atom. The van der Waals surface area contributed by atoms with E-state index >= 15 is 0 Å². The summed E-state index contributed by atoms with van der Waals surface area (Å²) in [5.41, 5.74) is -0.534. The second-order valence-corrected chi connectivity index (χ2v) is 2.43. The van der Waals surface area contributed by atoms with Gasteiger partial charge in [-0.05, 0) is 0 Å². The predicted molar refractivity (Wildman–Crippen MR) is 47.8 cm³/mol. The Balaban J connectivity index is 2.39. The molecule has 1 aromatic rings. The van der Waals surface area contributed by atoms with Crippen LogP contribution in [0.25, 0.3) is 0 Å². The third kappa shape index (κ3) is 3.21. The molecule has 0 amide bonds. The van der Waals surface area contributed by atoms with Gasteiger partial charge in [0, 0.05) is 6.54 Å². The molecule has 0 aliphatic carbocycles. The van der Waals surface area contributed by atoms with Crippen molar-refractivity contribution in [3.8, 4) is 0 Å². The zero-order chi connectivity index (χ0) is 10.4. The van der Waals surface area contributed by atoms with Crippen LogP contribution in [0.2, 0.25) is 0 Å². The Labute approximate surface area is 79.5 Å². The van der Waals surface area contributed by atoms with Crippen LogP contribution in [-0.4, -0.2) is 34.8 Å². The molecule has 0 aliphatic heterocycles. The summed E-state index contributed by atoms with van der Waals surface area (Å²) in [5.74, 6) is 0.00736. The Hall–Kier alpha value is -1.92. The summed E-state index contributed by atoms with van der Waals surface area (Å²) in [6, 6.07) is 0. The fourth-order valence-electron chi connectivity index (χ4n) is 0.792. The Bertz CT molecular complexity index is 362. The van der Waals surface area contributed by atoms with Gasteiger partial charge in [0.05, 0.1) is 19.7 Å². The number of carbonyl (C=O) groups is 1. The third-order valence-corrected chi connectivity index (χ3v) is 1.43. The number of aromatic amines is 1. The summed E-state index contributed by atoms with van der Waals surface area (Å²) in [4.78, 5) is 24.9. The molecule has 0 fully saturated rings. The molecular weight excluding hydrogens is 188 g/mol. The topological polar surface area (TPSA) is 97.0 Å². The Kier molecular flexibility index (Phi) is 3.59. The average Bonchev–Trinajstić information content (AvgIpc) is 2.17. The van der Waals surface area contributed by atoms with Gasteiger partial charge < -0.3 is 10.1 Å². The number of esters is 1. The van der Waals surface area contributed by atoms with Crippen LogP contribution in [-0.2, 0) is 9.53 Å². The number of nitrogens with zero attached hydrogens (tertiary/aromatic N) is 2. The second-order valence-electron chi connectivity index (χ2n) is 2.43. The Morgan fingerprint density at radius 1 is 1.71 bits per heavy atom. The molecule has 0 spiro atoms. The van der Waals surface area contributed by atoms with Crippen LogP contribution < -0.4 is 11.0 Å². The van der Waals surface area contributed by atoms with Crippen LogP contribution in [0, 0.1) is 0 Å². The highest BCUT2D eigenvalue weighted by Crippen LogP contribution is 1.94. The first-order valence-corrected chi connectivity index (χ1v) is 3.95. The minimum Gasteiger partial charge on any atom is -0.469 e. The van der Waals surface area contributed by atoms with Crippen molar-refractivity contribution < 1.29 is 9.53 Å². The molecule has 0 saturated heterocycles. The third-order valence-electron chi connectivity index (χ3n) is 1.43. The molecule has 0 unspecified atom stereocenters. The van der Waals surface area contributed by atoms with Crippen LogP contribution in [0.5, 0.6) is 0 Å². The van der Waals surface area contributed by atoms with Crippen LogP contribution in [0.3, 0.4) is 0 Å². The molecule has 76 valence electrons. The quantitative estimate of drug-likeness (QED) is 0.611. The standard InChI is InChI=1S/C7H10N4O3/c1-14-6(12)2-3-8-5-4-9-11-7(13)10-5/h4H,2-3H2,1H3,(H2,8,10,11,13). The van der Waals surface area contributed by atoms with Gasteiger partial charge in [-0.15, -0.1) is 0 Å². The molecule has 0 saturated carbocycles. The summed E-state index contributed by atoms with van der Waals surface area (Å²) < 4.78 is 4.43. The summed E-state index contributed by atoms with van der Waals surface area (Å²) >= 11 is 0. The average molecular weight is 198 g/mol. The normalized spacial score (nSPS) is 9.50. The van der Waals surface area contributed by atoms with Crippen LogP contribution in [0.4, 0.5) is 5.82 Å². The van der Waals surface area contributed by atoms with Gasteiger partial charge in [-0.1, -0.05) is 0 Å². The van der Waals surface area contributed by atoms with Crippen molar-refractivity contribution in [2.75, 3.05) is 19.0 Å². The van der Waals surface area contributed by atoms with Crippen LogP contribution >= 0.6 is 0 Å². The molecule has 0 aromatic carbocycles. The lowest BCUT2D eigenvalue weighted by Gasteiger charge is -2.02. The fourth-order valence-corrected chi connectivity index (χ4v) is 0.792. The van der Waals surface area contributed by atoms with Gasteiger partial charge in [-0.3, -0.25) is 4.79 Å². The van der Waals surface area contributed by atoms with Crippen molar-refractivity contribution >= 4 is 11.8 Å². The number of ether oxygens (including phenoxy) is 1. The van der Waals surface area contributed by atoms with Crippen molar-refractivity contribution in [3.63, 3.8) is 0 Å². The fraction of sp³-hybridized carbons (Fsp3) is 0.429. The molecule has 0 bridgehead atoms. The highest BCUT2D eigenvalue weighted by Gasteiger charge is 2.00. The van der Waals surface area contributed by atoms with Gasteiger partial charge in [0.2, 0.25) is 0 Å². The highest BCUT2D eigenvalue weighted by atomic mass is 16.5. The second kappa shape index (κ2) is 4.95. The van der Waals surface area contributed by atoms with Gasteiger partial charge in [0.1, 0.15) is 0 Å². The van der Waals surface area contributed by atoms with Crippen molar-refractivity contribution in [2.45, 2.75) is 6.42 Å². The molecule has 7 heteroatoms. The van der Waals surface area contributed by atoms with Crippen molar-refractivity contribution in [1.29, 1.82) is 0 Å². The summed E-state index contributed by atoms with van der Waals surface area (Å²) in [6.07, 6.45) is 1.57. The lowest BCUT2D eigenvalue weighted by Crippen LogP contribution is -2.16. The van der Waals surface area contributed by atoms with E-state index in [0.717, 1.165) is 0 Å². The minimum absolute atomic E-state index is 0.213. The maximum Gasteiger partial charge on any atom is 0.363 e. The van der Waals surface area contributed by atoms with E-state index in [9.17, 15) is 9.59 Å². The SMILES string of the molecule is COC(=O)CCNc1cn[nH]c(=O)n1. The van der Waals surface area contributed by atoms with Gasteiger partial charge >= 0.3 is 11.7 Å². The monoisotopic (exact) mass is 198 g/mol. The van der Waals surface area contributed by atoms with Gasteiger partial charge in [0.15, 0.2) is 5.82 Å². The number of nitrogens with one attached hydrogen (secondary N) is 2. The molecule has 0 atom stereocenters. The van der Waals surface area contributed by atoms with E-state index in [1.807, 2.05) is 0 Å². The van der Waals surface area contributed by atoms with Crippen molar-refractivity contribution in [1.82, 2.24) is 15.2 Å².